The Balaban J connectivity index is 0.00000200. The summed E-state index contributed by atoms with van der Waals surface area (Å²) in [5, 5.41) is 3.37. The number of nitrogens with zero attached hydrogens (tertiary/aromatic N) is 2. The van der Waals surface area contributed by atoms with Gasteiger partial charge < -0.3 is 15.1 Å². The van der Waals surface area contributed by atoms with E-state index in [4.69, 9.17) is 0 Å². The summed E-state index contributed by atoms with van der Waals surface area (Å²) < 4.78 is 0. The lowest BCUT2D eigenvalue weighted by Crippen LogP contribution is -2.45. The number of rotatable bonds is 5. The van der Waals surface area contributed by atoms with E-state index < -0.39 is 0 Å². The Morgan fingerprint density at radius 3 is 2.43 bits per heavy atom. The minimum atomic E-state index is 0. The molecule has 0 aliphatic carbocycles. The van der Waals surface area contributed by atoms with Crippen molar-refractivity contribution in [1.82, 2.24) is 15.1 Å². The average molecular weight is 340 g/mol. The molecule has 126 valence electrons. The van der Waals surface area contributed by atoms with Gasteiger partial charge in [-0.1, -0.05) is 6.92 Å². The van der Waals surface area contributed by atoms with Crippen LogP contribution in [-0.4, -0.2) is 61.5 Å². The summed E-state index contributed by atoms with van der Waals surface area (Å²) in [6.45, 7) is 7.87. The topological polar surface area (TPSA) is 35.6 Å². The van der Waals surface area contributed by atoms with Gasteiger partial charge in [-0.25, -0.2) is 0 Å². The molecule has 2 rings (SSSR count). The maximum atomic E-state index is 12.2. The standard InChI is InChI=1S/C15H29N3O.2ClH/c1-3-18-10-7-14(8-11-18)17(2)15(19)5-4-13-6-9-16-12-13;;/h13-14,16H,3-12H2,1-2H3;2*1H. The highest BCUT2D eigenvalue weighted by Gasteiger charge is 2.25. The summed E-state index contributed by atoms with van der Waals surface area (Å²) in [5.41, 5.74) is 0. The molecule has 0 aromatic heterocycles. The fraction of sp³-hybridized carbons (Fsp3) is 0.933. The molecule has 4 nitrogen and oxygen atoms in total. The Hall–Kier alpha value is -0.0300. The minimum Gasteiger partial charge on any atom is -0.343 e. The highest BCUT2D eigenvalue weighted by molar-refractivity contribution is 5.85. The first-order chi connectivity index (χ1) is 9.20. The first-order valence-corrected chi connectivity index (χ1v) is 7.89. The Morgan fingerprint density at radius 1 is 1.24 bits per heavy atom. The van der Waals surface area contributed by atoms with E-state index in [1.165, 1.54) is 6.42 Å². The predicted molar refractivity (Wildman–Crippen MR) is 92.6 cm³/mol. The molecule has 1 amide bonds. The van der Waals surface area contributed by atoms with Crippen LogP contribution in [0.1, 0.15) is 39.0 Å². The molecule has 0 aromatic carbocycles. The molecule has 2 aliphatic heterocycles. The van der Waals surface area contributed by atoms with Gasteiger partial charge in [-0.15, -0.1) is 24.8 Å². The van der Waals surface area contributed by atoms with E-state index in [0.717, 1.165) is 64.3 Å². The second kappa shape index (κ2) is 10.7. The van der Waals surface area contributed by atoms with Gasteiger partial charge in [-0.2, -0.15) is 0 Å². The van der Waals surface area contributed by atoms with Gasteiger partial charge in [0.2, 0.25) is 5.91 Å². The van der Waals surface area contributed by atoms with Crippen LogP contribution in [0.2, 0.25) is 0 Å². The van der Waals surface area contributed by atoms with Gasteiger partial charge in [0.05, 0.1) is 0 Å². The number of halogens is 2. The van der Waals surface area contributed by atoms with Crippen molar-refractivity contribution < 1.29 is 4.79 Å². The number of likely N-dealkylation sites (tertiary alicyclic amines) is 1. The van der Waals surface area contributed by atoms with Gasteiger partial charge in [-0.05, 0) is 51.2 Å². The maximum absolute atomic E-state index is 12.2. The lowest BCUT2D eigenvalue weighted by Gasteiger charge is -2.36. The quantitative estimate of drug-likeness (QED) is 0.833. The predicted octanol–water partition coefficient (Wildman–Crippen LogP) is 2.16. The van der Waals surface area contributed by atoms with Crippen molar-refractivity contribution in [2.75, 3.05) is 39.8 Å². The van der Waals surface area contributed by atoms with Crippen LogP contribution in [0.5, 0.6) is 0 Å². The highest BCUT2D eigenvalue weighted by Crippen LogP contribution is 2.19. The molecule has 6 heteroatoms. The molecule has 21 heavy (non-hydrogen) atoms. The Labute approximate surface area is 141 Å². The first kappa shape index (κ1) is 21.0. The number of carbonyl (C=O) groups is 1. The van der Waals surface area contributed by atoms with Gasteiger partial charge in [0, 0.05) is 32.6 Å². The van der Waals surface area contributed by atoms with Crippen molar-refractivity contribution in [3.63, 3.8) is 0 Å². The fourth-order valence-electron chi connectivity index (χ4n) is 3.29. The molecule has 0 radical (unpaired) electrons. The molecule has 0 spiro atoms. The van der Waals surface area contributed by atoms with Crippen LogP contribution in [0.4, 0.5) is 0 Å². The summed E-state index contributed by atoms with van der Waals surface area (Å²) in [7, 11) is 2.00. The number of nitrogens with one attached hydrogen (secondary N) is 1. The van der Waals surface area contributed by atoms with E-state index in [1.54, 1.807) is 0 Å². The van der Waals surface area contributed by atoms with E-state index in [1.807, 2.05) is 11.9 Å². The molecule has 2 heterocycles. The number of piperidine rings is 1. The summed E-state index contributed by atoms with van der Waals surface area (Å²) in [6, 6.07) is 0.469. The van der Waals surface area contributed by atoms with Crippen LogP contribution < -0.4 is 5.32 Å². The molecule has 2 saturated heterocycles. The third kappa shape index (κ3) is 6.31. The zero-order valence-electron chi connectivity index (χ0n) is 13.3. The van der Waals surface area contributed by atoms with Gasteiger partial charge >= 0.3 is 0 Å². The van der Waals surface area contributed by atoms with Crippen molar-refractivity contribution in [1.29, 1.82) is 0 Å². The second-order valence-electron chi connectivity index (χ2n) is 6.07. The van der Waals surface area contributed by atoms with Crippen LogP contribution >= 0.6 is 24.8 Å². The largest absolute Gasteiger partial charge is 0.343 e. The lowest BCUT2D eigenvalue weighted by atomic mass is 10.00. The van der Waals surface area contributed by atoms with Crippen molar-refractivity contribution in [2.45, 2.75) is 45.1 Å². The zero-order valence-corrected chi connectivity index (χ0v) is 15.0. The van der Waals surface area contributed by atoms with Crippen molar-refractivity contribution in [3.8, 4) is 0 Å². The third-order valence-electron chi connectivity index (χ3n) is 4.87. The summed E-state index contributed by atoms with van der Waals surface area (Å²) in [6.07, 6.45) is 5.31. The van der Waals surface area contributed by atoms with Crippen LogP contribution in [-0.2, 0) is 4.79 Å². The lowest BCUT2D eigenvalue weighted by molar-refractivity contribution is -0.133. The van der Waals surface area contributed by atoms with Gasteiger partial charge in [-0.3, -0.25) is 4.79 Å². The maximum Gasteiger partial charge on any atom is 0.222 e. The SMILES string of the molecule is CCN1CCC(N(C)C(=O)CCC2CCNC2)CC1.Cl.Cl. The van der Waals surface area contributed by atoms with Crippen LogP contribution in [0.15, 0.2) is 0 Å². The molecular formula is C15H31Cl2N3O. The Kier molecular flexibility index (Phi) is 10.6. The Morgan fingerprint density at radius 2 is 1.90 bits per heavy atom. The molecule has 0 saturated carbocycles. The van der Waals surface area contributed by atoms with E-state index in [2.05, 4.69) is 17.1 Å². The van der Waals surface area contributed by atoms with Crippen LogP contribution in [0.25, 0.3) is 0 Å². The molecular weight excluding hydrogens is 309 g/mol. The number of carbonyl (C=O) groups excluding carboxylic acids is 1. The molecule has 1 atom stereocenters. The molecule has 0 bridgehead atoms. The minimum absolute atomic E-state index is 0. The smallest absolute Gasteiger partial charge is 0.222 e. The molecule has 0 aromatic rings. The number of amides is 1. The Bertz CT molecular complexity index is 291. The van der Waals surface area contributed by atoms with Crippen molar-refractivity contribution >= 4 is 30.7 Å². The summed E-state index contributed by atoms with van der Waals surface area (Å²) >= 11 is 0. The average Bonchev–Trinajstić information content (AvgIpc) is 2.97. The van der Waals surface area contributed by atoms with E-state index in [9.17, 15) is 4.79 Å². The van der Waals surface area contributed by atoms with Crippen molar-refractivity contribution in [2.24, 2.45) is 5.92 Å². The van der Waals surface area contributed by atoms with Crippen molar-refractivity contribution in [3.05, 3.63) is 0 Å². The summed E-state index contributed by atoms with van der Waals surface area (Å²) in [5.74, 6) is 1.07. The molecule has 1 N–H and O–H groups in total. The number of hydrogen-bond donors (Lipinski definition) is 1. The fourth-order valence-corrected chi connectivity index (χ4v) is 3.29. The molecule has 2 aliphatic rings. The van der Waals surface area contributed by atoms with Gasteiger partial charge in [0.25, 0.3) is 0 Å². The van der Waals surface area contributed by atoms with E-state index >= 15 is 0 Å². The van der Waals surface area contributed by atoms with Crippen LogP contribution in [0.3, 0.4) is 0 Å². The normalized spacial score (nSPS) is 23.2. The highest BCUT2D eigenvalue weighted by atomic mass is 35.5. The molecule has 2 fully saturated rings. The van der Waals surface area contributed by atoms with E-state index in [-0.39, 0.29) is 24.8 Å². The second-order valence-corrected chi connectivity index (χ2v) is 6.07. The molecule has 1 unspecified atom stereocenters. The first-order valence-electron chi connectivity index (χ1n) is 7.89. The number of hydrogen-bond acceptors (Lipinski definition) is 3. The summed E-state index contributed by atoms with van der Waals surface area (Å²) in [4.78, 5) is 16.7. The zero-order chi connectivity index (χ0) is 13.7. The van der Waals surface area contributed by atoms with Gasteiger partial charge in [0.1, 0.15) is 0 Å². The monoisotopic (exact) mass is 339 g/mol. The van der Waals surface area contributed by atoms with E-state index in [0.29, 0.717) is 11.9 Å². The van der Waals surface area contributed by atoms with Crippen LogP contribution in [0, 0.1) is 5.92 Å². The van der Waals surface area contributed by atoms with Gasteiger partial charge in [0.15, 0.2) is 0 Å². The third-order valence-corrected chi connectivity index (χ3v) is 4.87.